The molecule has 2 N–H and O–H groups in total. The number of aliphatic imine (C=N–C) groups is 1. The molecule has 3 heterocycles. The van der Waals surface area contributed by atoms with Crippen LogP contribution in [-0.2, 0) is 15.7 Å². The van der Waals surface area contributed by atoms with Gasteiger partial charge in [-0.05, 0) is 54.0 Å². The van der Waals surface area contributed by atoms with Crippen LogP contribution in [0.15, 0.2) is 59.2 Å². The second-order valence-electron chi connectivity index (χ2n) is 9.04. The fourth-order valence-corrected chi connectivity index (χ4v) is 5.64. The third kappa shape index (κ3) is 3.35. The number of likely N-dealkylation sites (N-methyl/N-ethyl adjacent to an activating group) is 1. The van der Waals surface area contributed by atoms with E-state index in [0.29, 0.717) is 5.56 Å². The number of thiophene rings is 1. The molecule has 7 nitrogen and oxygen atoms in total. The molecule has 2 atom stereocenters. The topological polar surface area (TPSA) is 119 Å². The molecule has 1 aliphatic heterocycles. The second kappa shape index (κ2) is 7.79. The second-order valence-corrected chi connectivity index (χ2v) is 9.95. The molecule has 0 saturated heterocycles. The van der Waals surface area contributed by atoms with Gasteiger partial charge in [0, 0.05) is 29.9 Å². The van der Waals surface area contributed by atoms with E-state index >= 15 is 0 Å². The van der Waals surface area contributed by atoms with Gasteiger partial charge in [-0.2, -0.15) is 10.5 Å². The van der Waals surface area contributed by atoms with Crippen molar-refractivity contribution in [1.29, 1.82) is 10.5 Å². The van der Waals surface area contributed by atoms with E-state index in [0.717, 1.165) is 40.0 Å². The Morgan fingerprint density at radius 2 is 1.88 bits per heavy atom. The zero-order valence-corrected chi connectivity index (χ0v) is 19.6. The first-order chi connectivity index (χ1) is 16.3. The molecule has 0 spiro atoms. The number of benzene rings is 1. The maximum Gasteiger partial charge on any atom is 0.239 e. The van der Waals surface area contributed by atoms with E-state index in [2.05, 4.69) is 17.1 Å². The molecule has 34 heavy (non-hydrogen) atoms. The van der Waals surface area contributed by atoms with Crippen LogP contribution in [0.5, 0.6) is 0 Å². The number of nitrogens with zero attached hydrogens (tertiary/aromatic N) is 5. The van der Waals surface area contributed by atoms with Gasteiger partial charge >= 0.3 is 0 Å². The average molecular weight is 467 g/mol. The van der Waals surface area contributed by atoms with Crippen molar-refractivity contribution in [3.05, 3.63) is 75.7 Å². The first-order valence-corrected chi connectivity index (χ1v) is 11.8. The lowest BCUT2D eigenvalue weighted by molar-refractivity contribution is -0.130. The van der Waals surface area contributed by atoms with Gasteiger partial charge in [0.25, 0.3) is 0 Å². The number of hydrogen-bond donors (Lipinski definition) is 1. The van der Waals surface area contributed by atoms with Crippen LogP contribution in [0.4, 0.5) is 0 Å². The Balaban J connectivity index is 1.58. The highest BCUT2D eigenvalue weighted by Gasteiger charge is 2.49. The molecule has 1 fully saturated rings. The Bertz CT molecular complexity index is 1410. The molecule has 5 rings (SSSR count). The lowest BCUT2D eigenvalue weighted by Crippen LogP contribution is -2.52. The van der Waals surface area contributed by atoms with Crippen LogP contribution < -0.4 is 5.73 Å². The van der Waals surface area contributed by atoms with E-state index in [1.54, 1.807) is 19.3 Å². The number of guanidine groups is 1. The third-order valence-electron chi connectivity index (χ3n) is 6.89. The largest absolute Gasteiger partial charge is 0.369 e. The molecule has 2 aromatic heterocycles. The van der Waals surface area contributed by atoms with Gasteiger partial charge in [-0.1, -0.05) is 24.3 Å². The normalized spacial score (nSPS) is 23.1. The Morgan fingerprint density at radius 3 is 2.53 bits per heavy atom. The summed E-state index contributed by atoms with van der Waals surface area (Å²) in [5.74, 6) is -0.539. The fraction of sp³-hybridized carbons (Fsp3) is 0.269. The smallest absolute Gasteiger partial charge is 0.239 e. The minimum Gasteiger partial charge on any atom is -0.369 e. The van der Waals surface area contributed by atoms with E-state index in [1.165, 1.54) is 22.4 Å². The fourth-order valence-electron chi connectivity index (χ4n) is 4.59. The Labute approximate surface area is 201 Å². The van der Waals surface area contributed by atoms with Crippen molar-refractivity contribution in [1.82, 2.24) is 9.88 Å². The molecule has 168 valence electrons. The number of hydrogen-bond acceptors (Lipinski definition) is 7. The lowest BCUT2D eigenvalue weighted by atomic mass is 9.77. The number of pyridine rings is 1. The zero-order valence-electron chi connectivity index (χ0n) is 18.8. The number of amides is 1. The Hall–Kier alpha value is -4.01. The molecule has 0 bridgehead atoms. The standard InChI is InChI=1S/C26H22N6OS/c1-25(21-10-19(14-34-21)18-9-16(11-27)12-30-13-18)22(23(33)32(2)24(29)31-25)17-3-5-20(6-4-17)26(15-28)7-8-26/h3-6,9-10,12-14,22H,7-8H2,1-2H3,(H2,29,31)/t22-,25+/m0/s1. The van der Waals surface area contributed by atoms with Crippen LogP contribution >= 0.6 is 11.3 Å². The maximum atomic E-state index is 13.5. The highest BCUT2D eigenvalue weighted by Crippen LogP contribution is 2.50. The summed E-state index contributed by atoms with van der Waals surface area (Å²) < 4.78 is 0. The summed E-state index contributed by atoms with van der Waals surface area (Å²) in [5.41, 5.74) is 8.91. The van der Waals surface area contributed by atoms with Crippen LogP contribution in [0.1, 0.15) is 47.3 Å². The average Bonchev–Trinajstić information content (AvgIpc) is 3.49. The summed E-state index contributed by atoms with van der Waals surface area (Å²) in [6.07, 6.45) is 4.97. The third-order valence-corrected chi connectivity index (χ3v) is 8.05. The molecule has 8 heteroatoms. The number of nitriles is 2. The zero-order chi connectivity index (χ0) is 24.1. The quantitative estimate of drug-likeness (QED) is 0.623. The molecular weight excluding hydrogens is 444 g/mol. The van der Waals surface area contributed by atoms with Gasteiger partial charge in [-0.15, -0.1) is 11.3 Å². The van der Waals surface area contributed by atoms with Gasteiger partial charge in [0.1, 0.15) is 11.6 Å². The highest BCUT2D eigenvalue weighted by atomic mass is 32.1. The van der Waals surface area contributed by atoms with Gasteiger partial charge < -0.3 is 5.73 Å². The number of nitrogens with two attached hydrogens (primary N) is 1. The first kappa shape index (κ1) is 21.8. The van der Waals surface area contributed by atoms with Crippen LogP contribution in [0.25, 0.3) is 11.1 Å². The minimum atomic E-state index is -0.912. The Kier molecular flexibility index (Phi) is 5.00. The Morgan fingerprint density at radius 1 is 1.15 bits per heavy atom. The number of aromatic nitrogens is 1. The van der Waals surface area contributed by atoms with E-state index in [-0.39, 0.29) is 17.3 Å². The van der Waals surface area contributed by atoms with Gasteiger partial charge in [0.2, 0.25) is 5.91 Å². The number of carbonyl (C=O) groups excluding carboxylic acids is 1. The van der Waals surface area contributed by atoms with Crippen molar-refractivity contribution in [2.75, 3.05) is 7.05 Å². The van der Waals surface area contributed by atoms with E-state index < -0.39 is 11.5 Å². The molecule has 1 saturated carbocycles. The molecule has 0 unspecified atom stereocenters. The molecule has 0 radical (unpaired) electrons. The molecular formula is C26H22N6OS. The summed E-state index contributed by atoms with van der Waals surface area (Å²) in [6.45, 7) is 1.93. The monoisotopic (exact) mass is 466 g/mol. The molecule has 3 aromatic rings. The van der Waals surface area contributed by atoms with E-state index in [9.17, 15) is 15.3 Å². The van der Waals surface area contributed by atoms with Gasteiger partial charge in [0.15, 0.2) is 5.96 Å². The van der Waals surface area contributed by atoms with E-state index in [4.69, 9.17) is 10.7 Å². The van der Waals surface area contributed by atoms with Gasteiger partial charge in [-0.3, -0.25) is 14.7 Å². The summed E-state index contributed by atoms with van der Waals surface area (Å²) in [5, 5.41) is 20.7. The van der Waals surface area contributed by atoms with Crippen molar-refractivity contribution in [2.24, 2.45) is 10.7 Å². The summed E-state index contributed by atoms with van der Waals surface area (Å²) in [4.78, 5) is 24.8. The van der Waals surface area contributed by atoms with Crippen molar-refractivity contribution in [2.45, 2.75) is 36.6 Å². The van der Waals surface area contributed by atoms with Crippen molar-refractivity contribution in [3.8, 4) is 23.3 Å². The van der Waals surface area contributed by atoms with Crippen LogP contribution in [0.2, 0.25) is 0 Å². The summed E-state index contributed by atoms with van der Waals surface area (Å²) in [7, 11) is 1.63. The molecule has 1 aliphatic carbocycles. The van der Waals surface area contributed by atoms with Crippen LogP contribution in [0, 0.1) is 22.7 Å². The van der Waals surface area contributed by atoms with Crippen molar-refractivity contribution < 1.29 is 4.79 Å². The molecule has 1 amide bonds. The van der Waals surface area contributed by atoms with Crippen LogP contribution in [0.3, 0.4) is 0 Å². The minimum absolute atomic E-state index is 0.132. The molecule has 1 aromatic carbocycles. The maximum absolute atomic E-state index is 13.5. The number of carbonyl (C=O) groups is 1. The SMILES string of the molecule is CN1C(=O)[C@H](c2ccc(C3(C#N)CC3)cc2)[C@@](C)(c2cc(-c3cncc(C#N)c3)cs2)N=C1N. The molecule has 2 aliphatic rings. The summed E-state index contributed by atoms with van der Waals surface area (Å²) in [6, 6.07) is 16.1. The van der Waals surface area contributed by atoms with Gasteiger partial charge in [0.05, 0.1) is 23.0 Å². The highest BCUT2D eigenvalue weighted by molar-refractivity contribution is 7.10. The van der Waals surface area contributed by atoms with Crippen molar-refractivity contribution >= 4 is 23.2 Å². The van der Waals surface area contributed by atoms with E-state index in [1.807, 2.05) is 42.6 Å². The summed E-state index contributed by atoms with van der Waals surface area (Å²) >= 11 is 1.50. The lowest BCUT2D eigenvalue weighted by Gasteiger charge is -2.40. The van der Waals surface area contributed by atoms with Crippen molar-refractivity contribution in [3.63, 3.8) is 0 Å². The van der Waals surface area contributed by atoms with Gasteiger partial charge in [-0.25, -0.2) is 4.99 Å². The van der Waals surface area contributed by atoms with Crippen LogP contribution in [-0.4, -0.2) is 28.8 Å². The predicted octanol–water partition coefficient (Wildman–Crippen LogP) is 4.02. The predicted molar refractivity (Wildman–Crippen MR) is 130 cm³/mol. The first-order valence-electron chi connectivity index (χ1n) is 10.9. The number of rotatable bonds is 4.